The molecule has 0 aliphatic heterocycles. The molecule has 6 nitrogen and oxygen atoms in total. The SMILES string of the molecule is CC(CN=[N+]=[N-])C(=O)N=N. The molecule has 0 aliphatic carbocycles. The molecule has 10 heavy (non-hydrogen) atoms. The van der Waals surface area contributed by atoms with Gasteiger partial charge in [-0.05, 0) is 5.53 Å². The molecule has 1 N–H and O–H groups in total. The van der Waals surface area contributed by atoms with Crippen LogP contribution < -0.4 is 0 Å². The molecular weight excluding hydrogens is 134 g/mol. The Bertz CT molecular complexity index is 182. The van der Waals surface area contributed by atoms with Gasteiger partial charge in [-0.1, -0.05) is 12.0 Å². The van der Waals surface area contributed by atoms with Gasteiger partial charge in [0.15, 0.2) is 0 Å². The molecule has 6 heteroatoms. The van der Waals surface area contributed by atoms with Gasteiger partial charge in [-0.3, -0.25) is 4.79 Å². The normalized spacial score (nSPS) is 11.3. The van der Waals surface area contributed by atoms with Gasteiger partial charge in [0.25, 0.3) is 5.91 Å². The van der Waals surface area contributed by atoms with Crippen molar-refractivity contribution < 1.29 is 4.79 Å². The molecule has 1 unspecified atom stereocenters. The Hall–Kier alpha value is -1.42. The van der Waals surface area contributed by atoms with E-state index >= 15 is 0 Å². The van der Waals surface area contributed by atoms with Crippen molar-refractivity contribution in [3.8, 4) is 0 Å². The second-order valence-electron chi connectivity index (χ2n) is 1.76. The molecule has 0 aliphatic rings. The molecule has 0 aromatic heterocycles. The number of azide groups is 1. The van der Waals surface area contributed by atoms with E-state index in [-0.39, 0.29) is 6.54 Å². The maximum absolute atomic E-state index is 10.5. The lowest BCUT2D eigenvalue weighted by molar-refractivity contribution is -0.121. The molecule has 0 spiro atoms. The molecule has 0 fully saturated rings. The van der Waals surface area contributed by atoms with Gasteiger partial charge in [0.2, 0.25) is 0 Å². The second kappa shape index (κ2) is 4.46. The molecule has 1 amide bonds. The summed E-state index contributed by atoms with van der Waals surface area (Å²) in [5, 5.41) is 5.83. The Morgan fingerprint density at radius 1 is 1.90 bits per heavy atom. The van der Waals surface area contributed by atoms with Crippen LogP contribution in [0.4, 0.5) is 0 Å². The molecule has 0 aromatic rings. The lowest BCUT2D eigenvalue weighted by Crippen LogP contribution is -2.09. The minimum Gasteiger partial charge on any atom is -0.271 e. The van der Waals surface area contributed by atoms with Crippen LogP contribution in [0.3, 0.4) is 0 Å². The summed E-state index contributed by atoms with van der Waals surface area (Å²) in [6.45, 7) is 1.62. The first kappa shape index (κ1) is 8.58. The second-order valence-corrected chi connectivity index (χ2v) is 1.76. The first-order valence-corrected chi connectivity index (χ1v) is 2.64. The number of carbonyl (C=O) groups excluding carboxylic acids is 1. The van der Waals surface area contributed by atoms with Crippen LogP contribution in [0.1, 0.15) is 6.92 Å². The molecule has 0 bridgehead atoms. The van der Waals surface area contributed by atoms with Crippen molar-refractivity contribution in [2.75, 3.05) is 6.54 Å². The Kier molecular flexibility index (Phi) is 3.83. The minimum atomic E-state index is -0.563. The lowest BCUT2D eigenvalue weighted by Gasteiger charge is -1.97. The summed E-state index contributed by atoms with van der Waals surface area (Å²) in [5.74, 6) is -1.04. The monoisotopic (exact) mass is 141 g/mol. The molecule has 54 valence electrons. The van der Waals surface area contributed by atoms with Crippen LogP contribution in [0.2, 0.25) is 0 Å². The largest absolute Gasteiger partial charge is 0.271 e. The summed E-state index contributed by atoms with van der Waals surface area (Å²) in [4.78, 5) is 12.9. The van der Waals surface area contributed by atoms with E-state index in [0.29, 0.717) is 0 Å². The number of hydrogen-bond acceptors (Lipinski definition) is 3. The van der Waals surface area contributed by atoms with E-state index in [0.717, 1.165) is 0 Å². The van der Waals surface area contributed by atoms with Crippen molar-refractivity contribution in [3.05, 3.63) is 10.4 Å². The van der Waals surface area contributed by atoms with Gasteiger partial charge in [-0.25, -0.2) is 5.53 Å². The third-order valence-electron chi connectivity index (χ3n) is 0.951. The van der Waals surface area contributed by atoms with Gasteiger partial charge in [0, 0.05) is 17.4 Å². The van der Waals surface area contributed by atoms with Gasteiger partial charge in [-0.15, -0.1) is 5.11 Å². The summed E-state index contributed by atoms with van der Waals surface area (Å²) in [5.41, 5.74) is 14.2. The predicted molar refractivity (Wildman–Crippen MR) is 33.3 cm³/mol. The van der Waals surface area contributed by atoms with E-state index in [9.17, 15) is 4.79 Å². The predicted octanol–water partition coefficient (Wildman–Crippen LogP) is 1.49. The van der Waals surface area contributed by atoms with E-state index in [1.165, 1.54) is 0 Å². The van der Waals surface area contributed by atoms with E-state index < -0.39 is 11.8 Å². The van der Waals surface area contributed by atoms with Crippen molar-refractivity contribution in [3.63, 3.8) is 0 Å². The number of rotatable bonds is 3. The highest BCUT2D eigenvalue weighted by atomic mass is 16.1. The maximum Gasteiger partial charge on any atom is 0.266 e. The Morgan fingerprint density at radius 3 is 2.90 bits per heavy atom. The first-order valence-electron chi connectivity index (χ1n) is 2.64. The molecule has 0 saturated heterocycles. The zero-order valence-electron chi connectivity index (χ0n) is 5.48. The standard InChI is InChI=1S/C4H7N5O/c1-3(2-7-9-6)4(10)8-5/h3,5H,2H2,1H3. The van der Waals surface area contributed by atoms with Crippen LogP contribution in [-0.4, -0.2) is 12.5 Å². The Labute approximate surface area is 57.4 Å². The average Bonchev–Trinajstić information content (AvgIpc) is 1.98. The lowest BCUT2D eigenvalue weighted by atomic mass is 10.2. The number of nitrogens with one attached hydrogen (secondary N) is 1. The van der Waals surface area contributed by atoms with Crippen molar-refractivity contribution in [2.24, 2.45) is 16.1 Å². The number of carbonyl (C=O) groups is 1. The summed E-state index contributed by atoms with van der Waals surface area (Å²) in [7, 11) is 0. The van der Waals surface area contributed by atoms with Gasteiger partial charge < -0.3 is 0 Å². The molecule has 0 heterocycles. The summed E-state index contributed by atoms with van der Waals surface area (Å²) in [6, 6.07) is 0. The summed E-state index contributed by atoms with van der Waals surface area (Å²) < 4.78 is 0. The fourth-order valence-electron chi connectivity index (χ4n) is 0.347. The first-order chi connectivity index (χ1) is 4.72. The Balaban J connectivity index is 3.83. The fraction of sp³-hybridized carbons (Fsp3) is 0.750. The van der Waals surface area contributed by atoms with Gasteiger partial charge in [0.1, 0.15) is 0 Å². The molecule has 1 atom stereocenters. The highest BCUT2D eigenvalue weighted by Crippen LogP contribution is 1.97. The Morgan fingerprint density at radius 2 is 2.50 bits per heavy atom. The molecular formula is C4H7N5O. The van der Waals surface area contributed by atoms with E-state index in [1.54, 1.807) is 6.92 Å². The van der Waals surface area contributed by atoms with Crippen molar-refractivity contribution >= 4 is 5.91 Å². The van der Waals surface area contributed by atoms with Gasteiger partial charge in [0.05, 0.1) is 0 Å². The third kappa shape index (κ3) is 2.78. The summed E-state index contributed by atoms with van der Waals surface area (Å²) >= 11 is 0. The van der Waals surface area contributed by atoms with Crippen molar-refractivity contribution in [1.29, 1.82) is 5.53 Å². The van der Waals surface area contributed by atoms with Crippen LogP contribution in [0.5, 0.6) is 0 Å². The third-order valence-corrected chi connectivity index (χ3v) is 0.951. The summed E-state index contributed by atoms with van der Waals surface area (Å²) in [6.07, 6.45) is 0. The van der Waals surface area contributed by atoms with Crippen LogP contribution in [0, 0.1) is 11.4 Å². The number of amides is 1. The van der Waals surface area contributed by atoms with Gasteiger partial charge in [-0.2, -0.15) is 0 Å². The molecule has 0 rings (SSSR count). The smallest absolute Gasteiger partial charge is 0.266 e. The van der Waals surface area contributed by atoms with Crippen LogP contribution in [-0.2, 0) is 4.79 Å². The quantitative estimate of drug-likeness (QED) is 0.359. The number of hydrogen-bond donors (Lipinski definition) is 1. The molecule has 0 saturated carbocycles. The van der Waals surface area contributed by atoms with Crippen molar-refractivity contribution in [2.45, 2.75) is 6.92 Å². The van der Waals surface area contributed by atoms with Crippen LogP contribution >= 0.6 is 0 Å². The van der Waals surface area contributed by atoms with Crippen LogP contribution in [0.25, 0.3) is 10.4 Å². The van der Waals surface area contributed by atoms with Crippen molar-refractivity contribution in [1.82, 2.24) is 0 Å². The zero-order chi connectivity index (χ0) is 7.98. The highest BCUT2D eigenvalue weighted by molar-refractivity contribution is 5.78. The zero-order valence-corrected chi connectivity index (χ0v) is 5.48. The molecule has 0 aromatic carbocycles. The van der Waals surface area contributed by atoms with E-state index in [4.69, 9.17) is 11.1 Å². The van der Waals surface area contributed by atoms with Gasteiger partial charge >= 0.3 is 0 Å². The molecule has 0 radical (unpaired) electrons. The van der Waals surface area contributed by atoms with E-state index in [1.807, 2.05) is 0 Å². The van der Waals surface area contributed by atoms with Crippen LogP contribution in [0.15, 0.2) is 10.2 Å². The number of nitrogens with zero attached hydrogens (tertiary/aromatic N) is 4. The maximum atomic E-state index is 10.5. The fourth-order valence-corrected chi connectivity index (χ4v) is 0.347. The van der Waals surface area contributed by atoms with E-state index in [2.05, 4.69) is 15.1 Å². The highest BCUT2D eigenvalue weighted by Gasteiger charge is 2.09. The topological polar surface area (TPSA) is 102 Å². The minimum absolute atomic E-state index is 0.0672. The average molecular weight is 141 g/mol.